The predicted octanol–water partition coefficient (Wildman–Crippen LogP) is 3.68. The Bertz CT molecular complexity index is 977. The molecule has 4 rings (SSSR count). The number of carbonyl (C=O) groups excluding carboxylic acids is 1. The minimum atomic E-state index is -0.447. The highest BCUT2D eigenvalue weighted by Crippen LogP contribution is 2.33. The molecule has 7 heteroatoms. The van der Waals surface area contributed by atoms with Crippen LogP contribution in [0.5, 0.6) is 0 Å². The summed E-state index contributed by atoms with van der Waals surface area (Å²) in [6, 6.07) is 5.78. The van der Waals surface area contributed by atoms with Gasteiger partial charge in [-0.15, -0.1) is 0 Å². The standard InChI is InChI=1S/C20H22N4O3/c1-3-26-20(25)16-10-15(21-12-22-16)19-13(2)7-8-17-14(19)11-23-24(17)18-6-4-5-9-27-18/h7-8,10-12,18H,3-6,9H2,1-2H3. The van der Waals surface area contributed by atoms with Gasteiger partial charge in [0.05, 0.1) is 24.0 Å². The number of hydrogen-bond acceptors (Lipinski definition) is 6. The lowest BCUT2D eigenvalue weighted by Crippen LogP contribution is -2.18. The molecule has 3 heterocycles. The van der Waals surface area contributed by atoms with Gasteiger partial charge in [0.15, 0.2) is 11.9 Å². The van der Waals surface area contributed by atoms with Crippen molar-refractivity contribution in [2.24, 2.45) is 0 Å². The molecule has 140 valence electrons. The summed E-state index contributed by atoms with van der Waals surface area (Å²) in [5.74, 6) is -0.447. The van der Waals surface area contributed by atoms with Crippen LogP contribution in [0.15, 0.2) is 30.7 Å². The fraction of sp³-hybridized carbons (Fsp3) is 0.400. The van der Waals surface area contributed by atoms with Crippen LogP contribution in [0.3, 0.4) is 0 Å². The van der Waals surface area contributed by atoms with Crippen LogP contribution < -0.4 is 0 Å². The molecule has 1 atom stereocenters. The third-order valence-electron chi connectivity index (χ3n) is 4.83. The summed E-state index contributed by atoms with van der Waals surface area (Å²) >= 11 is 0. The van der Waals surface area contributed by atoms with Gasteiger partial charge in [-0.05, 0) is 50.8 Å². The molecular formula is C20H22N4O3. The van der Waals surface area contributed by atoms with Crippen molar-refractivity contribution < 1.29 is 14.3 Å². The van der Waals surface area contributed by atoms with Crippen molar-refractivity contribution in [1.29, 1.82) is 0 Å². The number of esters is 1. The molecule has 0 N–H and O–H groups in total. The topological polar surface area (TPSA) is 79.1 Å². The second-order valence-corrected chi connectivity index (χ2v) is 6.61. The fourth-order valence-electron chi connectivity index (χ4n) is 3.53. The van der Waals surface area contributed by atoms with Crippen molar-refractivity contribution in [3.63, 3.8) is 0 Å². The molecule has 0 amide bonds. The van der Waals surface area contributed by atoms with E-state index in [0.29, 0.717) is 12.3 Å². The van der Waals surface area contributed by atoms with Crippen molar-refractivity contribution in [2.45, 2.75) is 39.3 Å². The lowest BCUT2D eigenvalue weighted by molar-refractivity contribution is -0.0366. The molecule has 1 aliphatic heterocycles. The Morgan fingerprint density at radius 3 is 3.00 bits per heavy atom. The van der Waals surface area contributed by atoms with Gasteiger partial charge in [-0.2, -0.15) is 5.10 Å². The van der Waals surface area contributed by atoms with Gasteiger partial charge in [0, 0.05) is 17.6 Å². The van der Waals surface area contributed by atoms with Crippen molar-refractivity contribution in [3.8, 4) is 11.3 Å². The van der Waals surface area contributed by atoms with E-state index in [-0.39, 0.29) is 11.9 Å². The summed E-state index contributed by atoms with van der Waals surface area (Å²) in [5.41, 5.74) is 3.93. The molecule has 1 fully saturated rings. The highest BCUT2D eigenvalue weighted by molar-refractivity contribution is 5.97. The van der Waals surface area contributed by atoms with Crippen LogP contribution in [0.25, 0.3) is 22.2 Å². The number of fused-ring (bicyclic) bond motifs is 1. The first-order valence-electron chi connectivity index (χ1n) is 9.27. The van der Waals surface area contributed by atoms with E-state index in [1.807, 2.05) is 23.9 Å². The number of hydrogen-bond donors (Lipinski definition) is 0. The molecule has 27 heavy (non-hydrogen) atoms. The molecule has 0 aliphatic carbocycles. The van der Waals surface area contributed by atoms with Gasteiger partial charge in [-0.3, -0.25) is 0 Å². The Labute approximate surface area is 157 Å². The highest BCUT2D eigenvalue weighted by atomic mass is 16.5. The van der Waals surface area contributed by atoms with E-state index in [4.69, 9.17) is 9.47 Å². The molecule has 7 nitrogen and oxygen atoms in total. The van der Waals surface area contributed by atoms with Gasteiger partial charge >= 0.3 is 5.97 Å². The van der Waals surface area contributed by atoms with Gasteiger partial charge in [0.25, 0.3) is 0 Å². The van der Waals surface area contributed by atoms with E-state index >= 15 is 0 Å². The maximum Gasteiger partial charge on any atom is 0.357 e. The summed E-state index contributed by atoms with van der Waals surface area (Å²) in [5, 5.41) is 5.57. The van der Waals surface area contributed by atoms with Gasteiger partial charge < -0.3 is 9.47 Å². The summed E-state index contributed by atoms with van der Waals surface area (Å²) in [4.78, 5) is 20.5. The third kappa shape index (κ3) is 3.30. The van der Waals surface area contributed by atoms with E-state index in [0.717, 1.165) is 47.9 Å². The maximum atomic E-state index is 12.0. The molecule has 0 saturated carbocycles. The predicted molar refractivity (Wildman–Crippen MR) is 100 cm³/mol. The quantitative estimate of drug-likeness (QED) is 0.656. The van der Waals surface area contributed by atoms with E-state index in [2.05, 4.69) is 21.1 Å². The molecule has 0 spiro atoms. The van der Waals surface area contributed by atoms with Gasteiger partial charge in [-0.25, -0.2) is 19.4 Å². The monoisotopic (exact) mass is 366 g/mol. The van der Waals surface area contributed by atoms with Crippen molar-refractivity contribution in [2.75, 3.05) is 13.2 Å². The zero-order valence-corrected chi connectivity index (χ0v) is 15.5. The van der Waals surface area contributed by atoms with Gasteiger partial charge in [-0.1, -0.05) is 6.07 Å². The first-order chi connectivity index (χ1) is 13.2. The normalized spacial score (nSPS) is 17.2. The molecule has 1 aliphatic rings. The lowest BCUT2D eigenvalue weighted by atomic mass is 10.0. The maximum absolute atomic E-state index is 12.0. The van der Waals surface area contributed by atoms with E-state index in [1.54, 1.807) is 13.0 Å². The van der Waals surface area contributed by atoms with Gasteiger partial charge in [0.2, 0.25) is 0 Å². The largest absolute Gasteiger partial charge is 0.461 e. The van der Waals surface area contributed by atoms with Crippen LogP contribution in [-0.4, -0.2) is 38.9 Å². The summed E-state index contributed by atoms with van der Waals surface area (Å²) in [7, 11) is 0. The SMILES string of the molecule is CCOC(=O)c1cc(-c2c(C)ccc3c2cnn3C2CCCCO2)ncn1. The second-order valence-electron chi connectivity index (χ2n) is 6.61. The molecule has 0 radical (unpaired) electrons. The average molecular weight is 366 g/mol. The molecule has 0 bridgehead atoms. The first-order valence-corrected chi connectivity index (χ1v) is 9.27. The van der Waals surface area contributed by atoms with Gasteiger partial charge in [0.1, 0.15) is 6.33 Å². The van der Waals surface area contributed by atoms with E-state index in [9.17, 15) is 4.79 Å². The number of aromatic nitrogens is 4. The first kappa shape index (κ1) is 17.6. The van der Waals surface area contributed by atoms with Crippen LogP contribution in [0.1, 0.15) is 48.5 Å². The summed E-state index contributed by atoms with van der Waals surface area (Å²) in [6.45, 7) is 4.86. The second kappa shape index (κ2) is 7.44. The number of rotatable bonds is 4. The van der Waals surface area contributed by atoms with Crippen molar-refractivity contribution >= 4 is 16.9 Å². The Balaban J connectivity index is 1.80. The van der Waals surface area contributed by atoms with Crippen LogP contribution in [0.4, 0.5) is 0 Å². The Morgan fingerprint density at radius 1 is 1.33 bits per heavy atom. The lowest BCUT2D eigenvalue weighted by Gasteiger charge is -2.23. The van der Waals surface area contributed by atoms with Crippen LogP contribution in [-0.2, 0) is 9.47 Å². The fourth-order valence-corrected chi connectivity index (χ4v) is 3.53. The molecular weight excluding hydrogens is 344 g/mol. The highest BCUT2D eigenvalue weighted by Gasteiger charge is 2.21. The van der Waals surface area contributed by atoms with E-state index < -0.39 is 5.97 Å². The van der Waals surface area contributed by atoms with Crippen molar-refractivity contribution in [1.82, 2.24) is 19.7 Å². The Kier molecular flexibility index (Phi) is 4.85. The third-order valence-corrected chi connectivity index (χ3v) is 4.83. The minimum Gasteiger partial charge on any atom is -0.461 e. The molecule has 1 saturated heterocycles. The smallest absolute Gasteiger partial charge is 0.357 e. The number of nitrogens with zero attached hydrogens (tertiary/aromatic N) is 4. The minimum absolute atomic E-state index is 0.0349. The summed E-state index contributed by atoms with van der Waals surface area (Å²) < 4.78 is 12.9. The summed E-state index contributed by atoms with van der Waals surface area (Å²) in [6.07, 6.45) is 6.40. The number of ether oxygens (including phenoxy) is 2. The molecule has 1 unspecified atom stereocenters. The van der Waals surface area contributed by atoms with Crippen LogP contribution in [0.2, 0.25) is 0 Å². The molecule has 3 aromatic rings. The van der Waals surface area contributed by atoms with Crippen molar-refractivity contribution in [3.05, 3.63) is 42.0 Å². The molecule has 2 aromatic heterocycles. The van der Waals surface area contributed by atoms with Crippen LogP contribution in [0, 0.1) is 6.92 Å². The number of carbonyl (C=O) groups is 1. The number of benzene rings is 1. The number of aryl methyl sites for hydroxylation is 1. The Hall–Kier alpha value is -2.80. The Morgan fingerprint density at radius 2 is 2.22 bits per heavy atom. The average Bonchev–Trinajstić information content (AvgIpc) is 3.13. The van der Waals surface area contributed by atoms with Crippen LogP contribution >= 0.6 is 0 Å². The zero-order chi connectivity index (χ0) is 18.8. The van der Waals surface area contributed by atoms with E-state index in [1.165, 1.54) is 6.33 Å². The molecule has 1 aromatic carbocycles. The zero-order valence-electron chi connectivity index (χ0n) is 15.5.